The van der Waals surface area contributed by atoms with E-state index >= 15 is 0 Å². The van der Waals surface area contributed by atoms with Gasteiger partial charge < -0.3 is 4.74 Å². The predicted octanol–water partition coefficient (Wildman–Crippen LogP) is 3.76. The first kappa shape index (κ1) is 18.0. The lowest BCUT2D eigenvalue weighted by Gasteiger charge is -2.03. The van der Waals surface area contributed by atoms with Gasteiger partial charge in [-0.15, -0.1) is 0 Å². The van der Waals surface area contributed by atoms with E-state index in [0.29, 0.717) is 5.56 Å². The maximum Gasteiger partial charge on any atom is 0.534 e. The number of ether oxygens (including phenoxy) is 1. The summed E-state index contributed by atoms with van der Waals surface area (Å²) in [7, 11) is 1.13. The van der Waals surface area contributed by atoms with E-state index in [4.69, 9.17) is 5.26 Å². The van der Waals surface area contributed by atoms with Crippen molar-refractivity contribution >= 4 is 29.3 Å². The molecule has 8 nitrogen and oxygen atoms in total. The first-order valence-corrected chi connectivity index (χ1v) is 7.61. The highest BCUT2D eigenvalue weighted by atomic mass is 32.2. The molecule has 0 aliphatic rings. The number of carbonyl (C=O) groups is 1. The Labute approximate surface area is 146 Å². The molecule has 0 spiro atoms. The van der Waals surface area contributed by atoms with Crippen LogP contribution in [0.2, 0.25) is 0 Å². The van der Waals surface area contributed by atoms with Crippen LogP contribution in [0.5, 0.6) is 0 Å². The van der Waals surface area contributed by atoms with Crippen LogP contribution in [0.15, 0.2) is 63.5 Å². The van der Waals surface area contributed by atoms with Crippen molar-refractivity contribution in [3.63, 3.8) is 0 Å². The molecule has 0 fully saturated rings. The fourth-order valence-corrected chi connectivity index (χ4v) is 2.53. The number of nitrogens with zero attached hydrogens (tertiary/aromatic N) is 3. The van der Waals surface area contributed by atoms with Crippen molar-refractivity contribution in [2.75, 3.05) is 7.11 Å². The molecular formula is C16H11N3O5S. The van der Waals surface area contributed by atoms with Gasteiger partial charge in [-0.2, -0.15) is 5.26 Å². The Kier molecular flexibility index (Phi) is 6.08. The highest BCUT2D eigenvalue weighted by Crippen LogP contribution is 2.29. The van der Waals surface area contributed by atoms with Gasteiger partial charge in [0.05, 0.1) is 12.0 Å². The van der Waals surface area contributed by atoms with Crippen LogP contribution in [0.3, 0.4) is 0 Å². The number of nitriles is 1. The molecular weight excluding hydrogens is 346 g/mol. The number of oxime groups is 1. The largest absolute Gasteiger partial charge is 0.534 e. The molecule has 0 aromatic heterocycles. The third kappa shape index (κ3) is 5.05. The first-order valence-electron chi connectivity index (χ1n) is 6.79. The maximum absolute atomic E-state index is 10.9. The van der Waals surface area contributed by atoms with Crippen LogP contribution in [-0.4, -0.2) is 23.9 Å². The molecule has 2 rings (SSSR count). The fourth-order valence-electron chi connectivity index (χ4n) is 1.71. The summed E-state index contributed by atoms with van der Waals surface area (Å²) in [6, 6.07) is 14.8. The molecule has 126 valence electrons. The highest BCUT2D eigenvalue weighted by molar-refractivity contribution is 7.99. The average molecular weight is 357 g/mol. The van der Waals surface area contributed by atoms with Gasteiger partial charge >= 0.3 is 6.16 Å². The summed E-state index contributed by atoms with van der Waals surface area (Å²) in [6.45, 7) is 0. The summed E-state index contributed by atoms with van der Waals surface area (Å²) in [6.07, 6.45) is -1.02. The molecule has 0 heterocycles. The van der Waals surface area contributed by atoms with Crippen molar-refractivity contribution in [2.24, 2.45) is 5.16 Å². The summed E-state index contributed by atoms with van der Waals surface area (Å²) in [4.78, 5) is 27.2. The summed E-state index contributed by atoms with van der Waals surface area (Å²) in [5, 5.41) is 23.1. The third-order valence-corrected chi connectivity index (χ3v) is 3.91. The van der Waals surface area contributed by atoms with Gasteiger partial charge in [0.15, 0.2) is 5.71 Å². The second-order valence-electron chi connectivity index (χ2n) is 4.47. The predicted molar refractivity (Wildman–Crippen MR) is 89.3 cm³/mol. The zero-order valence-corrected chi connectivity index (χ0v) is 13.7. The number of carbonyl (C=O) groups excluding carboxylic acids is 1. The highest BCUT2D eigenvalue weighted by Gasteiger charge is 2.08. The zero-order chi connectivity index (χ0) is 18.2. The number of nitro benzene ring substituents is 1. The van der Waals surface area contributed by atoms with Crippen molar-refractivity contribution < 1.29 is 19.3 Å². The maximum atomic E-state index is 10.9. The molecule has 0 radical (unpaired) electrons. The Morgan fingerprint density at radius 3 is 2.20 bits per heavy atom. The number of hydrogen-bond acceptors (Lipinski definition) is 8. The molecule has 2 aromatic carbocycles. The first-order chi connectivity index (χ1) is 12.0. The van der Waals surface area contributed by atoms with E-state index in [1.165, 1.54) is 23.9 Å². The van der Waals surface area contributed by atoms with Gasteiger partial charge in [-0.3, -0.25) is 15.0 Å². The van der Waals surface area contributed by atoms with Crippen LogP contribution in [-0.2, 0) is 9.57 Å². The van der Waals surface area contributed by atoms with Crippen LogP contribution in [0, 0.1) is 21.4 Å². The van der Waals surface area contributed by atoms with E-state index < -0.39 is 11.1 Å². The van der Waals surface area contributed by atoms with Crippen molar-refractivity contribution in [1.29, 1.82) is 5.26 Å². The fraction of sp³-hybridized carbons (Fsp3) is 0.0625. The number of methoxy groups -OCH3 is 1. The Morgan fingerprint density at radius 1 is 1.16 bits per heavy atom. The lowest BCUT2D eigenvalue weighted by Crippen LogP contribution is -2.04. The Morgan fingerprint density at radius 2 is 1.72 bits per heavy atom. The molecule has 0 aliphatic heterocycles. The molecule has 0 amide bonds. The Balaban J connectivity index is 2.09. The van der Waals surface area contributed by atoms with Crippen LogP contribution in [0.25, 0.3) is 0 Å². The molecule has 0 bridgehead atoms. The molecule has 2 aromatic rings. The quantitative estimate of drug-likeness (QED) is 0.263. The number of benzene rings is 2. The van der Waals surface area contributed by atoms with Crippen LogP contribution >= 0.6 is 11.8 Å². The molecule has 0 N–H and O–H groups in total. The normalized spacial score (nSPS) is 10.6. The number of nitro groups is 1. The monoisotopic (exact) mass is 357 g/mol. The van der Waals surface area contributed by atoms with E-state index in [-0.39, 0.29) is 11.4 Å². The second kappa shape index (κ2) is 8.47. The van der Waals surface area contributed by atoms with Crippen molar-refractivity contribution in [3.05, 3.63) is 64.2 Å². The van der Waals surface area contributed by atoms with E-state index in [9.17, 15) is 14.9 Å². The smallest absolute Gasteiger partial charge is 0.436 e. The van der Waals surface area contributed by atoms with E-state index in [2.05, 4.69) is 14.7 Å². The van der Waals surface area contributed by atoms with Crippen molar-refractivity contribution in [1.82, 2.24) is 0 Å². The van der Waals surface area contributed by atoms with Crippen molar-refractivity contribution in [2.45, 2.75) is 9.79 Å². The average Bonchev–Trinajstić information content (AvgIpc) is 2.63. The van der Waals surface area contributed by atoms with Gasteiger partial charge in [-0.25, -0.2) is 4.79 Å². The SMILES string of the molecule is COC(=O)ON=C(C#N)c1ccc(Sc2ccc([N+](=O)[O-])cc2)cc1. The minimum atomic E-state index is -1.02. The zero-order valence-electron chi connectivity index (χ0n) is 12.9. The second-order valence-corrected chi connectivity index (χ2v) is 5.62. The van der Waals surface area contributed by atoms with Crippen LogP contribution in [0.1, 0.15) is 5.56 Å². The lowest BCUT2D eigenvalue weighted by atomic mass is 10.1. The van der Waals surface area contributed by atoms with Crippen molar-refractivity contribution in [3.8, 4) is 6.07 Å². The number of hydrogen-bond donors (Lipinski definition) is 0. The lowest BCUT2D eigenvalue weighted by molar-refractivity contribution is -0.384. The summed E-state index contributed by atoms with van der Waals surface area (Å²) in [5.41, 5.74) is 0.428. The van der Waals surface area contributed by atoms with Gasteiger partial charge in [0.2, 0.25) is 0 Å². The van der Waals surface area contributed by atoms with E-state index in [1.54, 1.807) is 36.4 Å². The minimum Gasteiger partial charge on any atom is -0.436 e. The van der Waals surface area contributed by atoms with Gasteiger partial charge in [0, 0.05) is 27.5 Å². The summed E-state index contributed by atoms with van der Waals surface area (Å²) in [5.74, 6) is 0. The summed E-state index contributed by atoms with van der Waals surface area (Å²) >= 11 is 1.41. The molecule has 0 aliphatic carbocycles. The molecule has 0 atom stereocenters. The van der Waals surface area contributed by atoms with E-state index in [0.717, 1.165) is 16.9 Å². The van der Waals surface area contributed by atoms with Gasteiger partial charge in [-0.05, 0) is 24.3 Å². The molecule has 0 unspecified atom stereocenters. The molecule has 0 saturated heterocycles. The number of rotatable bonds is 5. The summed E-state index contributed by atoms with van der Waals surface area (Å²) < 4.78 is 4.27. The number of non-ortho nitro benzene ring substituents is 1. The molecule has 9 heteroatoms. The Bertz CT molecular complexity index is 842. The topological polar surface area (TPSA) is 115 Å². The molecule has 0 saturated carbocycles. The van der Waals surface area contributed by atoms with Crippen LogP contribution < -0.4 is 0 Å². The Hall–Kier alpha value is -3.38. The van der Waals surface area contributed by atoms with Gasteiger partial charge in [0.25, 0.3) is 5.69 Å². The minimum absolute atomic E-state index is 0.0279. The van der Waals surface area contributed by atoms with Gasteiger partial charge in [0.1, 0.15) is 6.07 Å². The molecule has 25 heavy (non-hydrogen) atoms. The van der Waals surface area contributed by atoms with E-state index in [1.807, 2.05) is 6.07 Å². The van der Waals surface area contributed by atoms with Gasteiger partial charge in [-0.1, -0.05) is 29.1 Å². The third-order valence-electron chi connectivity index (χ3n) is 2.90. The van der Waals surface area contributed by atoms with Crippen LogP contribution in [0.4, 0.5) is 10.5 Å². The standard InChI is InChI=1S/C16H11N3O5S/c1-23-16(20)24-18-15(10-17)11-2-6-13(7-3-11)25-14-8-4-12(5-9-14)19(21)22/h2-9H,1H3.